The highest BCUT2D eigenvalue weighted by molar-refractivity contribution is 7.09. The molecule has 0 fully saturated rings. The van der Waals surface area contributed by atoms with Gasteiger partial charge in [0.1, 0.15) is 5.76 Å². The molecule has 0 aromatic carbocycles. The molecule has 0 saturated carbocycles. The van der Waals surface area contributed by atoms with Crippen molar-refractivity contribution in [2.24, 2.45) is 0 Å². The lowest BCUT2D eigenvalue weighted by Gasteiger charge is -2.14. The molecule has 2 amide bonds. The molecular formula is C17H26N4O2S. The van der Waals surface area contributed by atoms with Crippen molar-refractivity contribution in [2.75, 3.05) is 6.54 Å². The molecule has 0 bridgehead atoms. The number of amides is 2. The van der Waals surface area contributed by atoms with E-state index in [1.807, 2.05) is 20.8 Å². The minimum Gasteiger partial charge on any atom is -0.361 e. The van der Waals surface area contributed by atoms with Gasteiger partial charge in [0.25, 0.3) is 0 Å². The summed E-state index contributed by atoms with van der Waals surface area (Å²) in [6, 6.07) is -0.151. The number of carbonyl (C=O) groups is 1. The highest BCUT2D eigenvalue weighted by Gasteiger charge is 2.14. The Morgan fingerprint density at radius 2 is 2.08 bits per heavy atom. The van der Waals surface area contributed by atoms with E-state index in [0.29, 0.717) is 18.9 Å². The Morgan fingerprint density at radius 1 is 1.33 bits per heavy atom. The first-order valence-corrected chi connectivity index (χ1v) is 9.15. The number of nitrogens with one attached hydrogen (secondary N) is 2. The number of hydrogen-bond acceptors (Lipinski definition) is 5. The monoisotopic (exact) mass is 350 g/mol. The predicted octanol–water partition coefficient (Wildman–Crippen LogP) is 3.34. The van der Waals surface area contributed by atoms with Gasteiger partial charge >= 0.3 is 6.03 Å². The zero-order valence-electron chi connectivity index (χ0n) is 15.0. The summed E-state index contributed by atoms with van der Waals surface area (Å²) in [5.41, 5.74) is 2.98. The second-order valence-electron chi connectivity index (χ2n) is 6.39. The molecular weight excluding hydrogens is 324 g/mol. The number of carbonyl (C=O) groups excluding carboxylic acids is 1. The van der Waals surface area contributed by atoms with Gasteiger partial charge in [0.2, 0.25) is 0 Å². The topological polar surface area (TPSA) is 80.0 Å². The van der Waals surface area contributed by atoms with Gasteiger partial charge in [0.05, 0.1) is 16.4 Å². The van der Waals surface area contributed by atoms with Gasteiger partial charge in [-0.3, -0.25) is 0 Å². The molecule has 2 aromatic rings. The first kappa shape index (κ1) is 18.4. The molecule has 1 unspecified atom stereocenters. The summed E-state index contributed by atoms with van der Waals surface area (Å²) in [5, 5.41) is 13.0. The molecule has 2 aromatic heterocycles. The fourth-order valence-corrected chi connectivity index (χ4v) is 3.30. The molecule has 0 radical (unpaired) electrons. The van der Waals surface area contributed by atoms with E-state index in [2.05, 4.69) is 40.0 Å². The number of nitrogens with zero attached hydrogens (tertiary/aromatic N) is 2. The molecule has 0 saturated heterocycles. The van der Waals surface area contributed by atoms with Gasteiger partial charge in [-0.15, -0.1) is 11.3 Å². The molecule has 0 aliphatic heterocycles. The molecule has 1 atom stereocenters. The van der Waals surface area contributed by atoms with Crippen LogP contribution in [0.4, 0.5) is 4.79 Å². The first-order valence-electron chi connectivity index (χ1n) is 8.27. The van der Waals surface area contributed by atoms with Crippen LogP contribution in [-0.4, -0.2) is 28.8 Å². The second kappa shape index (κ2) is 8.28. The van der Waals surface area contributed by atoms with Crippen LogP contribution in [0.2, 0.25) is 0 Å². The minimum atomic E-state index is -0.159. The average molecular weight is 350 g/mol. The lowest BCUT2D eigenvalue weighted by Crippen LogP contribution is -2.42. The summed E-state index contributed by atoms with van der Waals surface area (Å²) in [4.78, 5) is 16.5. The molecule has 7 heteroatoms. The third kappa shape index (κ3) is 5.06. The van der Waals surface area contributed by atoms with Gasteiger partial charge in [0, 0.05) is 35.9 Å². The first-order chi connectivity index (χ1) is 11.4. The predicted molar refractivity (Wildman–Crippen MR) is 95.6 cm³/mol. The van der Waals surface area contributed by atoms with Gasteiger partial charge in [-0.25, -0.2) is 9.78 Å². The summed E-state index contributed by atoms with van der Waals surface area (Å²) in [6.45, 7) is 10.6. The van der Waals surface area contributed by atoms with Crippen molar-refractivity contribution in [3.05, 3.63) is 33.1 Å². The van der Waals surface area contributed by atoms with Crippen molar-refractivity contribution in [3.63, 3.8) is 0 Å². The zero-order valence-corrected chi connectivity index (χ0v) is 15.8. The van der Waals surface area contributed by atoms with E-state index in [1.54, 1.807) is 11.3 Å². The van der Waals surface area contributed by atoms with Crippen LogP contribution in [0, 0.1) is 13.8 Å². The number of hydrogen-bond donors (Lipinski definition) is 2. The van der Waals surface area contributed by atoms with Crippen molar-refractivity contribution < 1.29 is 9.32 Å². The second-order valence-corrected chi connectivity index (χ2v) is 7.28. The summed E-state index contributed by atoms with van der Waals surface area (Å²) in [7, 11) is 0. The van der Waals surface area contributed by atoms with Crippen LogP contribution in [-0.2, 0) is 12.8 Å². The minimum absolute atomic E-state index is 0.00798. The molecule has 0 spiro atoms. The molecule has 132 valence electrons. The quantitative estimate of drug-likeness (QED) is 0.802. The Bertz CT molecular complexity index is 658. The van der Waals surface area contributed by atoms with Crippen molar-refractivity contribution >= 4 is 17.4 Å². The van der Waals surface area contributed by atoms with Gasteiger partial charge in [-0.2, -0.15) is 0 Å². The Hall–Kier alpha value is -1.89. The van der Waals surface area contributed by atoms with Crippen LogP contribution in [0.3, 0.4) is 0 Å². The highest BCUT2D eigenvalue weighted by Crippen LogP contribution is 2.19. The summed E-state index contributed by atoms with van der Waals surface area (Å²) in [5.74, 6) is 1.26. The molecule has 24 heavy (non-hydrogen) atoms. The van der Waals surface area contributed by atoms with Gasteiger partial charge < -0.3 is 15.2 Å². The number of urea groups is 1. The Kier molecular flexibility index (Phi) is 6.36. The van der Waals surface area contributed by atoms with E-state index in [4.69, 9.17) is 4.52 Å². The van der Waals surface area contributed by atoms with Gasteiger partial charge in [0.15, 0.2) is 0 Å². The standard InChI is InChI=1S/C17H26N4O2S/c1-10(2)16-20-14(9-24-16)6-7-18-17(22)19-11(3)8-15-12(4)21-23-13(15)5/h9-11H,6-8H2,1-5H3,(H2,18,19,22). The summed E-state index contributed by atoms with van der Waals surface area (Å²) < 4.78 is 5.15. The average Bonchev–Trinajstić information content (AvgIpc) is 3.09. The Balaban J connectivity index is 1.72. The van der Waals surface area contributed by atoms with Crippen LogP contribution in [0.25, 0.3) is 0 Å². The van der Waals surface area contributed by atoms with E-state index < -0.39 is 0 Å². The maximum absolute atomic E-state index is 12.0. The van der Waals surface area contributed by atoms with Crippen LogP contribution in [0.15, 0.2) is 9.90 Å². The lowest BCUT2D eigenvalue weighted by molar-refractivity contribution is 0.238. The van der Waals surface area contributed by atoms with Crippen LogP contribution < -0.4 is 10.6 Å². The molecule has 6 nitrogen and oxygen atoms in total. The largest absolute Gasteiger partial charge is 0.361 e. The maximum atomic E-state index is 12.0. The molecule has 0 aliphatic rings. The number of aryl methyl sites for hydroxylation is 2. The summed E-state index contributed by atoms with van der Waals surface area (Å²) >= 11 is 1.68. The van der Waals surface area contributed by atoms with E-state index >= 15 is 0 Å². The van der Waals surface area contributed by atoms with E-state index in [1.165, 1.54) is 0 Å². The maximum Gasteiger partial charge on any atom is 0.315 e. The smallest absolute Gasteiger partial charge is 0.315 e. The van der Waals surface area contributed by atoms with Gasteiger partial charge in [-0.1, -0.05) is 19.0 Å². The highest BCUT2D eigenvalue weighted by atomic mass is 32.1. The number of rotatable bonds is 7. The normalized spacial score (nSPS) is 12.4. The number of thiazole rings is 1. The fourth-order valence-electron chi connectivity index (χ4n) is 2.43. The molecule has 2 N–H and O–H groups in total. The van der Waals surface area contributed by atoms with Crippen LogP contribution in [0.1, 0.15) is 54.4 Å². The Morgan fingerprint density at radius 3 is 2.67 bits per heavy atom. The van der Waals surface area contributed by atoms with E-state index in [9.17, 15) is 4.79 Å². The lowest BCUT2D eigenvalue weighted by atomic mass is 10.1. The third-order valence-electron chi connectivity index (χ3n) is 3.80. The van der Waals surface area contributed by atoms with Crippen LogP contribution in [0.5, 0.6) is 0 Å². The van der Waals surface area contributed by atoms with E-state index in [0.717, 1.165) is 34.1 Å². The number of aromatic nitrogens is 2. The molecule has 2 rings (SSSR count). The van der Waals surface area contributed by atoms with Crippen molar-refractivity contribution in [3.8, 4) is 0 Å². The van der Waals surface area contributed by atoms with Gasteiger partial charge in [-0.05, 0) is 27.2 Å². The molecule has 2 heterocycles. The summed E-state index contributed by atoms with van der Waals surface area (Å²) in [6.07, 6.45) is 1.45. The zero-order chi connectivity index (χ0) is 17.7. The van der Waals surface area contributed by atoms with Crippen molar-refractivity contribution in [1.29, 1.82) is 0 Å². The third-order valence-corrected chi connectivity index (χ3v) is 4.99. The molecule has 0 aliphatic carbocycles. The SMILES string of the molecule is Cc1noc(C)c1CC(C)NC(=O)NCCc1csc(C(C)C)n1. The van der Waals surface area contributed by atoms with Crippen molar-refractivity contribution in [1.82, 2.24) is 20.8 Å². The Labute approximate surface area is 147 Å². The fraction of sp³-hybridized carbons (Fsp3) is 0.588. The van der Waals surface area contributed by atoms with Crippen molar-refractivity contribution in [2.45, 2.75) is 59.4 Å². The van der Waals surface area contributed by atoms with E-state index in [-0.39, 0.29) is 12.1 Å². The van der Waals surface area contributed by atoms with Crippen LogP contribution >= 0.6 is 11.3 Å².